The Labute approximate surface area is 160 Å². The van der Waals surface area contributed by atoms with E-state index in [1.54, 1.807) is 0 Å². The average molecular weight is 399 g/mol. The van der Waals surface area contributed by atoms with Gasteiger partial charge in [-0.1, -0.05) is 28.9 Å². The first-order chi connectivity index (χ1) is 11.8. The van der Waals surface area contributed by atoms with Gasteiger partial charge in [0.25, 0.3) is 0 Å². The second-order valence-electron chi connectivity index (χ2n) is 7.67. The van der Waals surface area contributed by atoms with Gasteiger partial charge in [0.05, 0.1) is 5.69 Å². The SMILES string of the molecule is CCN1c2cc(C)c(C=Nc3cccc(Br)c3)cc2C(C)CC1(C)C. The Balaban J connectivity index is 2.00. The maximum atomic E-state index is 4.67. The van der Waals surface area contributed by atoms with E-state index in [1.807, 2.05) is 30.5 Å². The fraction of sp³-hybridized carbons (Fsp3) is 0.409. The van der Waals surface area contributed by atoms with Crippen molar-refractivity contribution in [3.8, 4) is 0 Å². The summed E-state index contributed by atoms with van der Waals surface area (Å²) in [4.78, 5) is 7.22. The molecule has 1 aliphatic rings. The number of hydrogen-bond donors (Lipinski definition) is 0. The van der Waals surface area contributed by atoms with Crippen LogP contribution in [-0.4, -0.2) is 18.3 Å². The predicted octanol–water partition coefficient (Wildman–Crippen LogP) is 6.62. The van der Waals surface area contributed by atoms with Crippen molar-refractivity contribution in [1.82, 2.24) is 0 Å². The molecule has 3 heteroatoms. The molecule has 0 saturated heterocycles. The standard InChI is InChI=1S/C22H27BrN2/c1-6-25-21-10-15(2)17(11-20(21)16(3)13-22(25,4)5)14-24-19-9-7-8-18(23)12-19/h7-12,14,16H,6,13H2,1-5H3. The van der Waals surface area contributed by atoms with Gasteiger partial charge in [0, 0.05) is 28.5 Å². The van der Waals surface area contributed by atoms with E-state index in [9.17, 15) is 0 Å². The summed E-state index contributed by atoms with van der Waals surface area (Å²) >= 11 is 3.51. The number of anilines is 1. The van der Waals surface area contributed by atoms with Gasteiger partial charge >= 0.3 is 0 Å². The summed E-state index contributed by atoms with van der Waals surface area (Å²) in [5, 5.41) is 0. The maximum absolute atomic E-state index is 4.67. The third-order valence-corrected chi connectivity index (χ3v) is 5.74. The molecule has 0 radical (unpaired) electrons. The lowest BCUT2D eigenvalue weighted by molar-refractivity contribution is 0.381. The zero-order valence-corrected chi connectivity index (χ0v) is 17.4. The summed E-state index contributed by atoms with van der Waals surface area (Å²) in [6.07, 6.45) is 3.18. The molecule has 132 valence electrons. The van der Waals surface area contributed by atoms with Crippen molar-refractivity contribution in [3.63, 3.8) is 0 Å². The largest absolute Gasteiger partial charge is 0.366 e. The number of benzene rings is 2. The van der Waals surface area contributed by atoms with Gasteiger partial charge in [-0.3, -0.25) is 4.99 Å². The number of halogens is 1. The minimum atomic E-state index is 0.208. The van der Waals surface area contributed by atoms with Crippen LogP contribution in [-0.2, 0) is 0 Å². The lowest BCUT2D eigenvalue weighted by Gasteiger charge is -2.47. The topological polar surface area (TPSA) is 15.6 Å². The molecule has 1 aliphatic heterocycles. The highest BCUT2D eigenvalue weighted by atomic mass is 79.9. The van der Waals surface area contributed by atoms with E-state index in [0.717, 1.165) is 16.7 Å². The third-order valence-electron chi connectivity index (χ3n) is 5.25. The van der Waals surface area contributed by atoms with Crippen LogP contribution in [0.1, 0.15) is 56.7 Å². The van der Waals surface area contributed by atoms with Crippen LogP contribution in [0.2, 0.25) is 0 Å². The average Bonchev–Trinajstić information content (AvgIpc) is 2.53. The first-order valence-electron chi connectivity index (χ1n) is 9.03. The van der Waals surface area contributed by atoms with Crippen LogP contribution >= 0.6 is 15.9 Å². The van der Waals surface area contributed by atoms with E-state index >= 15 is 0 Å². The fourth-order valence-corrected chi connectivity index (χ4v) is 4.48. The molecule has 0 bridgehead atoms. The van der Waals surface area contributed by atoms with Crippen LogP contribution in [0.5, 0.6) is 0 Å². The molecule has 25 heavy (non-hydrogen) atoms. The molecule has 2 aromatic rings. The van der Waals surface area contributed by atoms with E-state index < -0.39 is 0 Å². The van der Waals surface area contributed by atoms with Crippen molar-refractivity contribution in [2.75, 3.05) is 11.4 Å². The van der Waals surface area contributed by atoms with Gasteiger partial charge in [0.1, 0.15) is 0 Å². The van der Waals surface area contributed by atoms with Crippen molar-refractivity contribution in [2.24, 2.45) is 4.99 Å². The zero-order valence-electron chi connectivity index (χ0n) is 15.8. The molecule has 2 nitrogen and oxygen atoms in total. The molecular weight excluding hydrogens is 372 g/mol. The second-order valence-corrected chi connectivity index (χ2v) is 8.58. The van der Waals surface area contributed by atoms with Gasteiger partial charge in [-0.15, -0.1) is 0 Å². The fourth-order valence-electron chi connectivity index (χ4n) is 4.09. The predicted molar refractivity (Wildman–Crippen MR) is 113 cm³/mol. The van der Waals surface area contributed by atoms with Crippen LogP contribution in [0.15, 0.2) is 45.9 Å². The summed E-state index contributed by atoms with van der Waals surface area (Å²) in [6.45, 7) is 12.5. The van der Waals surface area contributed by atoms with Crippen molar-refractivity contribution in [2.45, 2.75) is 52.5 Å². The Morgan fingerprint density at radius 2 is 2.04 bits per heavy atom. The molecule has 2 aromatic carbocycles. The highest BCUT2D eigenvalue weighted by Gasteiger charge is 2.35. The Morgan fingerprint density at radius 1 is 1.28 bits per heavy atom. The Kier molecular flexibility index (Phi) is 5.06. The van der Waals surface area contributed by atoms with Gasteiger partial charge in [-0.25, -0.2) is 0 Å². The maximum Gasteiger partial charge on any atom is 0.0641 e. The van der Waals surface area contributed by atoms with Crippen LogP contribution in [0.4, 0.5) is 11.4 Å². The molecule has 0 spiro atoms. The molecule has 0 aromatic heterocycles. The third kappa shape index (κ3) is 3.67. The lowest BCUT2D eigenvalue weighted by Crippen LogP contribution is -2.48. The minimum Gasteiger partial charge on any atom is -0.366 e. The van der Waals surface area contributed by atoms with Crippen LogP contribution in [0.3, 0.4) is 0 Å². The molecule has 0 aliphatic carbocycles. The first kappa shape index (κ1) is 18.2. The van der Waals surface area contributed by atoms with Crippen molar-refractivity contribution >= 4 is 33.5 Å². The van der Waals surface area contributed by atoms with Crippen LogP contribution in [0.25, 0.3) is 0 Å². The molecule has 1 atom stereocenters. The molecule has 1 unspecified atom stereocenters. The highest BCUT2D eigenvalue weighted by Crippen LogP contribution is 2.44. The van der Waals surface area contributed by atoms with Gasteiger partial charge < -0.3 is 4.90 Å². The monoisotopic (exact) mass is 398 g/mol. The first-order valence-corrected chi connectivity index (χ1v) is 9.83. The number of aliphatic imine (C=N–C) groups is 1. The summed E-state index contributed by atoms with van der Waals surface area (Å²) in [7, 11) is 0. The van der Waals surface area contributed by atoms with E-state index in [2.05, 4.69) is 72.6 Å². The van der Waals surface area contributed by atoms with E-state index in [1.165, 1.54) is 28.8 Å². The number of aryl methyl sites for hydroxylation is 1. The molecule has 0 fully saturated rings. The smallest absolute Gasteiger partial charge is 0.0641 e. The van der Waals surface area contributed by atoms with Gasteiger partial charge in [0.15, 0.2) is 0 Å². The summed E-state index contributed by atoms with van der Waals surface area (Å²) in [5.41, 5.74) is 6.50. The van der Waals surface area contributed by atoms with Crippen LogP contribution in [0, 0.1) is 6.92 Å². The van der Waals surface area contributed by atoms with Gasteiger partial charge in [0.2, 0.25) is 0 Å². The summed E-state index contributed by atoms with van der Waals surface area (Å²) in [5.74, 6) is 0.561. The molecule has 3 rings (SSSR count). The number of nitrogens with zero attached hydrogens (tertiary/aromatic N) is 2. The highest BCUT2D eigenvalue weighted by molar-refractivity contribution is 9.10. The second kappa shape index (κ2) is 6.95. The van der Waals surface area contributed by atoms with Crippen molar-refractivity contribution in [3.05, 3.63) is 57.6 Å². The normalized spacial score (nSPS) is 19.3. The Hall–Kier alpha value is -1.61. The van der Waals surface area contributed by atoms with Gasteiger partial charge in [-0.05, 0) is 87.1 Å². The molecule has 0 N–H and O–H groups in total. The Bertz CT molecular complexity index is 808. The lowest BCUT2D eigenvalue weighted by atomic mass is 9.79. The van der Waals surface area contributed by atoms with E-state index in [4.69, 9.17) is 0 Å². The zero-order chi connectivity index (χ0) is 18.2. The van der Waals surface area contributed by atoms with E-state index in [0.29, 0.717) is 5.92 Å². The molecular formula is C22H27BrN2. The van der Waals surface area contributed by atoms with Crippen LogP contribution < -0.4 is 4.90 Å². The minimum absolute atomic E-state index is 0.208. The molecule has 0 saturated carbocycles. The molecule has 0 amide bonds. The number of fused-ring (bicyclic) bond motifs is 1. The molecule has 1 heterocycles. The van der Waals surface area contributed by atoms with Crippen molar-refractivity contribution in [1.29, 1.82) is 0 Å². The Morgan fingerprint density at radius 3 is 2.72 bits per heavy atom. The number of hydrogen-bond acceptors (Lipinski definition) is 2. The number of rotatable bonds is 3. The van der Waals surface area contributed by atoms with E-state index in [-0.39, 0.29) is 5.54 Å². The quantitative estimate of drug-likeness (QED) is 0.530. The van der Waals surface area contributed by atoms with Crippen molar-refractivity contribution < 1.29 is 0 Å². The summed E-state index contributed by atoms with van der Waals surface area (Å²) in [6, 6.07) is 12.8. The summed E-state index contributed by atoms with van der Waals surface area (Å²) < 4.78 is 1.05. The van der Waals surface area contributed by atoms with Gasteiger partial charge in [-0.2, -0.15) is 0 Å².